The second-order valence-corrected chi connectivity index (χ2v) is 6.87. The number of para-hydroxylation sites is 1. The Labute approximate surface area is 173 Å². The van der Waals surface area contributed by atoms with Gasteiger partial charge in [-0.25, -0.2) is 9.59 Å². The first kappa shape index (κ1) is 19.4. The van der Waals surface area contributed by atoms with Crippen molar-refractivity contribution in [1.82, 2.24) is 0 Å². The van der Waals surface area contributed by atoms with Crippen LogP contribution in [0.15, 0.2) is 78.9 Å². The molecule has 0 spiro atoms. The molecule has 0 fully saturated rings. The second-order valence-electron chi connectivity index (χ2n) is 6.87. The van der Waals surface area contributed by atoms with E-state index in [4.69, 9.17) is 9.47 Å². The lowest BCUT2D eigenvalue weighted by Crippen LogP contribution is -2.23. The molecule has 0 saturated carbocycles. The quantitative estimate of drug-likeness (QED) is 0.655. The maximum absolute atomic E-state index is 12.4. The number of anilines is 1. The summed E-state index contributed by atoms with van der Waals surface area (Å²) < 4.78 is 10.7. The molecule has 0 aromatic heterocycles. The van der Waals surface area contributed by atoms with Gasteiger partial charge in [0.1, 0.15) is 6.10 Å². The second kappa shape index (κ2) is 8.61. The van der Waals surface area contributed by atoms with Gasteiger partial charge >= 0.3 is 11.9 Å². The van der Waals surface area contributed by atoms with Crippen LogP contribution in [-0.2, 0) is 20.7 Å². The average Bonchev–Trinajstić information content (AvgIpc) is 2.78. The van der Waals surface area contributed by atoms with Crippen LogP contribution in [0.1, 0.15) is 37.9 Å². The van der Waals surface area contributed by atoms with E-state index in [0.29, 0.717) is 23.2 Å². The van der Waals surface area contributed by atoms with Gasteiger partial charge in [-0.2, -0.15) is 0 Å². The number of carbonyl (C=O) groups is 3. The number of carbonyl (C=O) groups excluding carboxylic acids is 3. The Morgan fingerprint density at radius 2 is 1.67 bits per heavy atom. The lowest BCUT2D eigenvalue weighted by atomic mass is 9.93. The maximum Gasteiger partial charge on any atom is 0.339 e. The van der Waals surface area contributed by atoms with Crippen LogP contribution in [0.4, 0.5) is 5.69 Å². The van der Waals surface area contributed by atoms with Crippen molar-refractivity contribution < 1.29 is 23.9 Å². The lowest BCUT2D eigenvalue weighted by molar-refractivity contribution is -0.119. The van der Waals surface area contributed by atoms with E-state index in [1.165, 1.54) is 6.07 Å². The molecule has 6 nitrogen and oxygen atoms in total. The summed E-state index contributed by atoms with van der Waals surface area (Å²) in [5, 5.41) is 2.65. The molecule has 1 amide bonds. The topological polar surface area (TPSA) is 81.7 Å². The molecule has 3 aromatic carbocycles. The lowest BCUT2D eigenvalue weighted by Gasteiger charge is -2.25. The minimum absolute atomic E-state index is 0.280. The van der Waals surface area contributed by atoms with Crippen LogP contribution in [0, 0.1) is 0 Å². The van der Waals surface area contributed by atoms with Gasteiger partial charge in [0.2, 0.25) is 0 Å². The molecule has 3 aromatic rings. The van der Waals surface area contributed by atoms with Gasteiger partial charge in [0.15, 0.2) is 6.61 Å². The number of rotatable bonds is 5. The standard InChI is InChI=1S/C24H19NO5/c26-22(25-19-9-5-2-6-10-19)15-29-23(27)17-11-12-20-18(13-17)14-21(30-24(20)28)16-7-3-1-4-8-16/h1-13,21H,14-15H2,(H,25,26). The largest absolute Gasteiger partial charge is 0.454 e. The molecular formula is C24H19NO5. The molecule has 6 heteroatoms. The number of benzene rings is 3. The smallest absolute Gasteiger partial charge is 0.339 e. The highest BCUT2D eigenvalue weighted by Crippen LogP contribution is 2.31. The van der Waals surface area contributed by atoms with Crippen LogP contribution in [-0.4, -0.2) is 24.5 Å². The number of hydrogen-bond donors (Lipinski definition) is 1. The van der Waals surface area contributed by atoms with Gasteiger partial charge in [0, 0.05) is 12.1 Å². The van der Waals surface area contributed by atoms with Crippen molar-refractivity contribution in [1.29, 1.82) is 0 Å². The van der Waals surface area contributed by atoms with Crippen molar-refractivity contribution >= 4 is 23.5 Å². The molecular weight excluding hydrogens is 382 g/mol. The van der Waals surface area contributed by atoms with Crippen LogP contribution in [0.2, 0.25) is 0 Å². The maximum atomic E-state index is 12.4. The molecule has 1 aliphatic heterocycles. The number of cyclic esters (lactones) is 1. The number of amides is 1. The monoisotopic (exact) mass is 401 g/mol. The van der Waals surface area contributed by atoms with E-state index in [0.717, 1.165) is 5.56 Å². The predicted molar refractivity (Wildman–Crippen MR) is 110 cm³/mol. The van der Waals surface area contributed by atoms with Crippen LogP contribution in [0.5, 0.6) is 0 Å². The van der Waals surface area contributed by atoms with E-state index in [1.807, 2.05) is 36.4 Å². The summed E-state index contributed by atoms with van der Waals surface area (Å²) in [5.74, 6) is -1.48. The number of nitrogens with one attached hydrogen (secondary N) is 1. The van der Waals surface area contributed by atoms with Gasteiger partial charge in [0.05, 0.1) is 11.1 Å². The molecule has 30 heavy (non-hydrogen) atoms. The number of ether oxygens (including phenoxy) is 2. The van der Waals surface area contributed by atoms with Crippen molar-refractivity contribution in [3.63, 3.8) is 0 Å². The highest BCUT2D eigenvalue weighted by molar-refractivity contribution is 5.97. The van der Waals surface area contributed by atoms with E-state index < -0.39 is 30.6 Å². The summed E-state index contributed by atoms with van der Waals surface area (Å²) in [6, 6.07) is 23.0. The van der Waals surface area contributed by atoms with E-state index in [-0.39, 0.29) is 5.56 Å². The molecule has 1 aliphatic rings. The molecule has 0 saturated heterocycles. The SMILES string of the molecule is O=C(COC(=O)c1ccc2c(c1)CC(c1ccccc1)OC2=O)Nc1ccccc1. The van der Waals surface area contributed by atoms with Gasteiger partial charge in [-0.3, -0.25) is 4.79 Å². The zero-order valence-corrected chi connectivity index (χ0v) is 16.0. The van der Waals surface area contributed by atoms with Gasteiger partial charge in [-0.05, 0) is 41.5 Å². The third kappa shape index (κ3) is 4.38. The Hall–Kier alpha value is -3.93. The zero-order valence-electron chi connectivity index (χ0n) is 16.0. The minimum Gasteiger partial charge on any atom is -0.454 e. The Bertz CT molecular complexity index is 1080. The molecule has 1 heterocycles. The first-order valence-electron chi connectivity index (χ1n) is 9.51. The normalized spacial score (nSPS) is 14.9. The Kier molecular flexibility index (Phi) is 5.57. The van der Waals surface area contributed by atoms with Crippen LogP contribution >= 0.6 is 0 Å². The molecule has 0 bridgehead atoms. The van der Waals surface area contributed by atoms with Gasteiger partial charge in [-0.15, -0.1) is 0 Å². The van der Waals surface area contributed by atoms with Crippen molar-refractivity contribution in [3.05, 3.63) is 101 Å². The molecule has 1 N–H and O–H groups in total. The number of hydrogen-bond acceptors (Lipinski definition) is 5. The van der Waals surface area contributed by atoms with Crippen molar-refractivity contribution in [3.8, 4) is 0 Å². The predicted octanol–water partition coefficient (Wildman–Crippen LogP) is 3.94. The summed E-state index contributed by atoms with van der Waals surface area (Å²) in [5.41, 5.74) is 2.94. The summed E-state index contributed by atoms with van der Waals surface area (Å²) >= 11 is 0. The highest BCUT2D eigenvalue weighted by atomic mass is 16.5. The molecule has 1 atom stereocenters. The van der Waals surface area contributed by atoms with Crippen LogP contribution in [0.3, 0.4) is 0 Å². The van der Waals surface area contributed by atoms with Crippen LogP contribution < -0.4 is 5.32 Å². The molecule has 1 unspecified atom stereocenters. The fraction of sp³-hybridized carbons (Fsp3) is 0.125. The highest BCUT2D eigenvalue weighted by Gasteiger charge is 2.28. The molecule has 4 rings (SSSR count). The number of fused-ring (bicyclic) bond motifs is 1. The van der Waals surface area contributed by atoms with Crippen molar-refractivity contribution in [2.75, 3.05) is 11.9 Å². The first-order chi connectivity index (χ1) is 14.6. The summed E-state index contributed by atoms with van der Waals surface area (Å²) in [4.78, 5) is 36.7. The fourth-order valence-corrected chi connectivity index (χ4v) is 3.31. The molecule has 0 radical (unpaired) electrons. The van der Waals surface area contributed by atoms with E-state index >= 15 is 0 Å². The molecule has 0 aliphatic carbocycles. The van der Waals surface area contributed by atoms with Gasteiger partial charge in [0.25, 0.3) is 5.91 Å². The Morgan fingerprint density at radius 1 is 0.967 bits per heavy atom. The minimum atomic E-state index is -0.629. The van der Waals surface area contributed by atoms with Crippen molar-refractivity contribution in [2.24, 2.45) is 0 Å². The van der Waals surface area contributed by atoms with E-state index in [1.54, 1.807) is 36.4 Å². The van der Waals surface area contributed by atoms with Gasteiger partial charge < -0.3 is 14.8 Å². The zero-order chi connectivity index (χ0) is 20.9. The fourth-order valence-electron chi connectivity index (χ4n) is 3.31. The first-order valence-corrected chi connectivity index (χ1v) is 9.51. The summed E-state index contributed by atoms with van der Waals surface area (Å²) in [6.07, 6.45) is 0.0508. The Morgan fingerprint density at radius 3 is 2.40 bits per heavy atom. The third-order valence-electron chi connectivity index (χ3n) is 4.78. The van der Waals surface area contributed by atoms with Gasteiger partial charge in [-0.1, -0.05) is 48.5 Å². The van der Waals surface area contributed by atoms with E-state index in [2.05, 4.69) is 5.32 Å². The molecule has 150 valence electrons. The third-order valence-corrected chi connectivity index (χ3v) is 4.78. The summed E-state index contributed by atoms with van der Waals surface area (Å²) in [6.45, 7) is -0.403. The van der Waals surface area contributed by atoms with Crippen LogP contribution in [0.25, 0.3) is 0 Å². The summed E-state index contributed by atoms with van der Waals surface area (Å²) in [7, 11) is 0. The Balaban J connectivity index is 1.42. The van der Waals surface area contributed by atoms with Crippen molar-refractivity contribution in [2.45, 2.75) is 12.5 Å². The van der Waals surface area contributed by atoms with E-state index in [9.17, 15) is 14.4 Å². The number of esters is 2. The average molecular weight is 401 g/mol.